The highest BCUT2D eigenvalue weighted by atomic mass is 16.6. The van der Waals surface area contributed by atoms with Gasteiger partial charge in [-0.25, -0.2) is 4.79 Å². The smallest absolute Gasteiger partial charge is 0.407 e. The van der Waals surface area contributed by atoms with Gasteiger partial charge in [0.2, 0.25) is 0 Å². The Hall–Kier alpha value is -1.55. The number of nitrogens with one attached hydrogen (secondary N) is 1. The van der Waals surface area contributed by atoms with Gasteiger partial charge in [-0.2, -0.15) is 0 Å². The molecule has 0 radical (unpaired) electrons. The summed E-state index contributed by atoms with van der Waals surface area (Å²) < 4.78 is 5.23. The van der Waals surface area contributed by atoms with Gasteiger partial charge >= 0.3 is 6.09 Å². The normalized spacial score (nSPS) is 24.5. The zero-order valence-corrected chi connectivity index (χ0v) is 13.1. The first-order chi connectivity index (χ1) is 9.87. The van der Waals surface area contributed by atoms with E-state index < -0.39 is 5.60 Å². The quantitative estimate of drug-likeness (QED) is 0.877. The van der Waals surface area contributed by atoms with Gasteiger partial charge in [-0.1, -0.05) is 30.3 Å². The van der Waals surface area contributed by atoms with Crippen molar-refractivity contribution in [1.82, 2.24) is 5.32 Å². The fraction of sp³-hybridized carbons (Fsp3) is 0.588. The number of hydrogen-bond acceptors (Lipinski definition) is 3. The molecule has 1 fully saturated rings. The van der Waals surface area contributed by atoms with Gasteiger partial charge in [-0.15, -0.1) is 0 Å². The number of carbonyl (C=O) groups is 1. The van der Waals surface area contributed by atoms with Gasteiger partial charge in [0.25, 0.3) is 0 Å². The van der Waals surface area contributed by atoms with Crippen LogP contribution in [-0.4, -0.2) is 30.0 Å². The lowest BCUT2D eigenvalue weighted by Gasteiger charge is -2.21. The lowest BCUT2D eigenvalue weighted by molar-refractivity contribution is 0.0525. The Balaban J connectivity index is 1.90. The third kappa shape index (κ3) is 3.97. The average molecular weight is 291 g/mol. The van der Waals surface area contributed by atoms with E-state index in [1.54, 1.807) is 0 Å². The van der Waals surface area contributed by atoms with Crippen LogP contribution in [0.1, 0.15) is 39.2 Å². The molecule has 1 amide bonds. The van der Waals surface area contributed by atoms with E-state index in [9.17, 15) is 9.90 Å². The van der Waals surface area contributed by atoms with Crippen LogP contribution in [0.3, 0.4) is 0 Å². The van der Waals surface area contributed by atoms with E-state index in [1.165, 1.54) is 5.56 Å². The largest absolute Gasteiger partial charge is 0.444 e. The zero-order chi connectivity index (χ0) is 15.5. The molecule has 116 valence electrons. The molecule has 0 aliphatic heterocycles. The second-order valence-electron chi connectivity index (χ2n) is 6.78. The number of amides is 1. The lowest BCUT2D eigenvalue weighted by atomic mass is 9.90. The van der Waals surface area contributed by atoms with E-state index in [0.717, 1.165) is 12.8 Å². The number of benzene rings is 1. The van der Waals surface area contributed by atoms with Crippen LogP contribution in [-0.2, 0) is 10.2 Å². The Labute approximate surface area is 126 Å². The van der Waals surface area contributed by atoms with Crippen LogP contribution in [0.5, 0.6) is 0 Å². The molecule has 0 heterocycles. The summed E-state index contributed by atoms with van der Waals surface area (Å²) >= 11 is 0. The predicted octanol–water partition coefficient (Wildman–Crippen LogP) is 2.85. The fourth-order valence-electron chi connectivity index (χ4n) is 2.90. The molecule has 1 aliphatic rings. The number of aliphatic hydroxyl groups is 1. The number of rotatable bonds is 5. The number of ether oxygens (including phenoxy) is 1. The first-order valence-electron chi connectivity index (χ1n) is 7.51. The summed E-state index contributed by atoms with van der Waals surface area (Å²) in [5.74, 6) is 0.292. The maximum absolute atomic E-state index is 11.7. The van der Waals surface area contributed by atoms with Crippen molar-refractivity contribution >= 4 is 6.09 Å². The summed E-state index contributed by atoms with van der Waals surface area (Å²) in [7, 11) is 0. The van der Waals surface area contributed by atoms with Gasteiger partial charge in [0.05, 0.1) is 0 Å². The van der Waals surface area contributed by atoms with E-state index >= 15 is 0 Å². The molecule has 4 nitrogen and oxygen atoms in total. The van der Waals surface area contributed by atoms with E-state index in [-0.39, 0.29) is 18.1 Å². The fourth-order valence-corrected chi connectivity index (χ4v) is 2.90. The second kappa shape index (κ2) is 6.06. The topological polar surface area (TPSA) is 58.6 Å². The molecule has 21 heavy (non-hydrogen) atoms. The Morgan fingerprint density at radius 3 is 2.57 bits per heavy atom. The summed E-state index contributed by atoms with van der Waals surface area (Å²) in [6.45, 7) is 6.30. The van der Waals surface area contributed by atoms with Gasteiger partial charge < -0.3 is 15.2 Å². The summed E-state index contributed by atoms with van der Waals surface area (Å²) in [6.07, 6.45) is 1.41. The average Bonchev–Trinajstić information content (AvgIpc) is 3.13. The van der Waals surface area contributed by atoms with Crippen molar-refractivity contribution in [3.05, 3.63) is 35.9 Å². The number of alkyl carbamates (subject to hydrolysis) is 1. The first-order valence-corrected chi connectivity index (χ1v) is 7.51. The van der Waals surface area contributed by atoms with E-state index in [0.29, 0.717) is 12.5 Å². The molecular weight excluding hydrogens is 266 g/mol. The summed E-state index contributed by atoms with van der Waals surface area (Å²) in [5.41, 5.74) is 0.773. The number of aliphatic hydroxyl groups excluding tert-OH is 1. The lowest BCUT2D eigenvalue weighted by Crippen LogP contribution is -2.34. The molecule has 1 aliphatic carbocycles. The number of carbonyl (C=O) groups excluding carboxylic acids is 1. The van der Waals surface area contributed by atoms with Crippen LogP contribution < -0.4 is 5.32 Å². The zero-order valence-electron chi connectivity index (χ0n) is 13.1. The van der Waals surface area contributed by atoms with Crippen LogP contribution in [0, 0.1) is 5.92 Å². The molecule has 0 saturated heterocycles. The Bertz CT molecular complexity index is 481. The van der Waals surface area contributed by atoms with E-state index in [2.05, 4.69) is 17.4 Å². The van der Waals surface area contributed by atoms with Crippen LogP contribution in [0.2, 0.25) is 0 Å². The van der Waals surface area contributed by atoms with Crippen LogP contribution in [0.25, 0.3) is 0 Å². The minimum Gasteiger partial charge on any atom is -0.444 e. The molecule has 0 aromatic heterocycles. The minimum absolute atomic E-state index is 0.00498. The molecule has 0 bridgehead atoms. The van der Waals surface area contributed by atoms with E-state index in [1.807, 2.05) is 39.0 Å². The molecule has 1 aromatic rings. The Morgan fingerprint density at radius 2 is 2.05 bits per heavy atom. The third-order valence-corrected chi connectivity index (χ3v) is 4.04. The van der Waals surface area contributed by atoms with Gasteiger partial charge in [0, 0.05) is 18.6 Å². The monoisotopic (exact) mass is 291 g/mol. The maximum atomic E-state index is 11.7. The maximum Gasteiger partial charge on any atom is 0.407 e. The van der Waals surface area contributed by atoms with Crippen molar-refractivity contribution in [2.24, 2.45) is 5.92 Å². The van der Waals surface area contributed by atoms with Crippen molar-refractivity contribution in [3.8, 4) is 0 Å². The highest BCUT2D eigenvalue weighted by Crippen LogP contribution is 2.56. The van der Waals surface area contributed by atoms with Crippen molar-refractivity contribution in [1.29, 1.82) is 0 Å². The van der Waals surface area contributed by atoms with Crippen molar-refractivity contribution < 1.29 is 14.6 Å². The summed E-state index contributed by atoms with van der Waals surface area (Å²) in [6, 6.07) is 10.2. The standard InChI is InChI=1S/C17H25NO3/c1-16(2,3)21-15(20)18-10-9-17(11-14(17)12-19)13-7-5-4-6-8-13/h4-8,14,19H,9-12H2,1-3H3,(H,18,20)/t14-,17+/m0/s1. The Kier molecular flexibility index (Phi) is 4.57. The molecular formula is C17H25NO3. The minimum atomic E-state index is -0.478. The highest BCUT2D eigenvalue weighted by Gasteiger charge is 2.53. The van der Waals surface area contributed by atoms with Crippen molar-refractivity contribution in [2.75, 3.05) is 13.2 Å². The van der Waals surface area contributed by atoms with Crippen LogP contribution in [0.4, 0.5) is 4.79 Å². The molecule has 2 rings (SSSR count). The molecule has 4 heteroatoms. The van der Waals surface area contributed by atoms with Gasteiger partial charge in [-0.05, 0) is 45.1 Å². The second-order valence-corrected chi connectivity index (χ2v) is 6.78. The molecule has 1 saturated carbocycles. The molecule has 2 N–H and O–H groups in total. The van der Waals surface area contributed by atoms with E-state index in [4.69, 9.17) is 4.74 Å². The highest BCUT2D eigenvalue weighted by molar-refractivity contribution is 5.67. The van der Waals surface area contributed by atoms with Crippen LogP contribution in [0.15, 0.2) is 30.3 Å². The van der Waals surface area contributed by atoms with Crippen molar-refractivity contribution in [3.63, 3.8) is 0 Å². The van der Waals surface area contributed by atoms with Gasteiger partial charge in [0.1, 0.15) is 5.60 Å². The number of hydrogen-bond donors (Lipinski definition) is 2. The summed E-state index contributed by atoms with van der Waals surface area (Å²) in [4.78, 5) is 11.7. The molecule has 1 aromatic carbocycles. The first kappa shape index (κ1) is 15.8. The van der Waals surface area contributed by atoms with Crippen LogP contribution >= 0.6 is 0 Å². The predicted molar refractivity (Wildman–Crippen MR) is 82.2 cm³/mol. The SMILES string of the molecule is CC(C)(C)OC(=O)NCC[C@]1(c2ccccc2)C[C@H]1CO. The Morgan fingerprint density at radius 1 is 1.38 bits per heavy atom. The molecule has 0 spiro atoms. The third-order valence-electron chi connectivity index (χ3n) is 4.04. The van der Waals surface area contributed by atoms with Crippen molar-refractivity contribution in [2.45, 2.75) is 44.6 Å². The summed E-state index contributed by atoms with van der Waals surface area (Å²) in [5, 5.41) is 12.3. The molecule has 2 atom stereocenters. The van der Waals surface area contributed by atoms with Gasteiger partial charge in [0.15, 0.2) is 0 Å². The molecule has 0 unspecified atom stereocenters. The van der Waals surface area contributed by atoms with Gasteiger partial charge in [-0.3, -0.25) is 0 Å².